The van der Waals surface area contributed by atoms with Crippen LogP contribution in [0.4, 0.5) is 21.5 Å². The standard InChI is InChI=1S/2C16H13N3O3.2C4H4O4/c2*1-22-16(21)19-15-17-12-8-7-11(9-13(12)18-15)14(20)10-5-3-2-4-6-10;2*5-3(6)1-2-4(7)8/h2*2-9H,1H3,(H2,17,18,19,21);2*1-2H,(H,5,6)(H,7,8)/b;;2*2-1-. The highest BCUT2D eigenvalue weighted by Gasteiger charge is 2.17. The van der Waals surface area contributed by atoms with Crippen molar-refractivity contribution in [1.29, 1.82) is 0 Å². The summed E-state index contributed by atoms with van der Waals surface area (Å²) in [6, 6.07) is 28.7. The number of rotatable bonds is 10. The molecule has 0 saturated heterocycles. The van der Waals surface area contributed by atoms with Gasteiger partial charge in [0.2, 0.25) is 0 Å². The van der Waals surface area contributed by atoms with Crippen molar-refractivity contribution in [2.45, 2.75) is 0 Å². The van der Waals surface area contributed by atoms with E-state index in [1.165, 1.54) is 14.2 Å². The molecule has 4 aromatic carbocycles. The Morgan fingerprint density at radius 1 is 0.533 bits per heavy atom. The molecule has 0 fully saturated rings. The number of aromatic nitrogens is 4. The van der Waals surface area contributed by atoms with Gasteiger partial charge in [0, 0.05) is 34.4 Å². The number of hydrogen-bond acceptors (Lipinski definition) is 12. The maximum atomic E-state index is 12.4. The van der Waals surface area contributed by atoms with E-state index in [4.69, 9.17) is 10.2 Å². The van der Waals surface area contributed by atoms with E-state index in [9.17, 15) is 48.6 Å². The number of hydrogen-bond donors (Lipinski definition) is 6. The van der Waals surface area contributed by atoms with Crippen molar-refractivity contribution in [3.8, 4) is 0 Å². The maximum absolute atomic E-state index is 12.4. The summed E-state index contributed by atoms with van der Waals surface area (Å²) in [5.41, 5.74) is 5.38. The molecule has 8 N–H and O–H groups in total. The van der Waals surface area contributed by atoms with Crippen LogP contribution in [-0.2, 0) is 28.7 Å². The Kier molecular flexibility index (Phi) is 17.1. The molecule has 60 heavy (non-hydrogen) atoms. The summed E-state index contributed by atoms with van der Waals surface area (Å²) in [4.78, 5) is 97.1. The van der Waals surface area contributed by atoms with E-state index in [0.29, 0.717) is 69.5 Å². The molecule has 2 heterocycles. The number of carbonyl (C=O) groups excluding carboxylic acids is 6. The third kappa shape index (κ3) is 15.0. The predicted molar refractivity (Wildman–Crippen MR) is 205 cm³/mol. The molecule has 2 amide bonds. The number of fused-ring (bicyclic) bond motifs is 2. The molecule has 0 spiro atoms. The number of aliphatic carboxylic acids is 4. The molecule has 0 saturated carbocycles. The number of amides is 2. The molecule has 0 radical (unpaired) electrons. The normalized spacial score (nSPS) is 10.2. The number of imidazole rings is 2. The molecule has 6 aromatic rings. The summed E-state index contributed by atoms with van der Waals surface area (Å²) < 4.78 is 9.05. The molecule has 2 aromatic heterocycles. The first-order chi connectivity index (χ1) is 28.6. The van der Waals surface area contributed by atoms with Gasteiger partial charge in [-0.05, 0) is 48.6 Å². The zero-order valence-electron chi connectivity index (χ0n) is 31.3. The maximum Gasteiger partial charge on any atom is 0.476 e. The number of ether oxygens (including phenoxy) is 2. The van der Waals surface area contributed by atoms with Crippen LogP contribution in [0, 0.1) is 0 Å². The SMILES string of the molecule is COC(=O)Nc1[nH]c2cc(C(=O)c3ccccc3)ccc2[nH+]1.COC(=O)Nc1[nH]c2cc(C(=O)c3ccccc3)ccc2[nH+]1.O=C([O-])/C=C\C(=O)O.O=C([O-])/C=C\C(=O)O. The van der Waals surface area contributed by atoms with Crippen LogP contribution in [-0.4, -0.2) is 82.0 Å². The molecule has 6 rings (SSSR count). The summed E-state index contributed by atoms with van der Waals surface area (Å²) in [5, 5.41) is 39.5. The highest BCUT2D eigenvalue weighted by molar-refractivity contribution is 6.11. The largest absolute Gasteiger partial charge is 0.545 e. The van der Waals surface area contributed by atoms with Gasteiger partial charge in [0.1, 0.15) is 22.1 Å². The van der Waals surface area contributed by atoms with Crippen LogP contribution in [0.3, 0.4) is 0 Å². The van der Waals surface area contributed by atoms with Gasteiger partial charge in [-0.2, -0.15) is 10.6 Å². The molecular weight excluding hydrogens is 788 g/mol. The average Bonchev–Trinajstić information content (AvgIpc) is 3.84. The fourth-order valence-corrected chi connectivity index (χ4v) is 4.62. The third-order valence-electron chi connectivity index (χ3n) is 7.22. The fraction of sp³-hybridized carbons (Fsp3) is 0.0500. The minimum atomic E-state index is -1.51. The van der Waals surface area contributed by atoms with Crippen LogP contribution in [0.15, 0.2) is 121 Å². The predicted octanol–water partition coefficient (Wildman–Crippen LogP) is 1.54. The van der Waals surface area contributed by atoms with E-state index in [-0.39, 0.29) is 11.6 Å². The lowest BCUT2D eigenvalue weighted by Gasteiger charge is -1.99. The summed E-state index contributed by atoms with van der Waals surface area (Å²) in [5.74, 6) is -4.93. The van der Waals surface area contributed by atoms with Gasteiger partial charge in [-0.1, -0.05) is 60.7 Å². The van der Waals surface area contributed by atoms with Crippen LogP contribution >= 0.6 is 0 Å². The smallest absolute Gasteiger partial charge is 0.476 e. The van der Waals surface area contributed by atoms with Crippen LogP contribution < -0.4 is 30.8 Å². The molecule has 0 aliphatic rings. The van der Waals surface area contributed by atoms with Crippen molar-refractivity contribution < 1.29 is 78.2 Å². The quantitative estimate of drug-likeness (QED) is 0.0844. The Morgan fingerprint density at radius 3 is 1.17 bits per heavy atom. The summed E-state index contributed by atoms with van der Waals surface area (Å²) in [6.45, 7) is 0. The van der Waals surface area contributed by atoms with Gasteiger partial charge in [-0.3, -0.25) is 9.59 Å². The van der Waals surface area contributed by atoms with Crippen molar-refractivity contribution in [3.63, 3.8) is 0 Å². The molecule has 308 valence electrons. The first-order valence-electron chi connectivity index (χ1n) is 16.8. The Bertz CT molecular complexity index is 2350. The number of aromatic amines is 4. The second kappa shape index (κ2) is 22.6. The van der Waals surface area contributed by atoms with E-state index in [1.54, 1.807) is 60.7 Å². The topological polar surface area (TPSA) is 326 Å². The van der Waals surface area contributed by atoms with Crippen molar-refractivity contribution in [2.24, 2.45) is 0 Å². The van der Waals surface area contributed by atoms with E-state index >= 15 is 0 Å². The minimum absolute atomic E-state index is 0.0559. The van der Waals surface area contributed by atoms with E-state index < -0.39 is 36.1 Å². The second-order valence-corrected chi connectivity index (χ2v) is 11.4. The van der Waals surface area contributed by atoms with E-state index in [2.05, 4.69) is 40.0 Å². The summed E-state index contributed by atoms with van der Waals surface area (Å²) >= 11 is 0. The van der Waals surface area contributed by atoms with Gasteiger partial charge < -0.3 is 39.5 Å². The van der Waals surface area contributed by atoms with Crippen LogP contribution in [0.2, 0.25) is 0 Å². The van der Waals surface area contributed by atoms with Gasteiger partial charge in [0.05, 0.1) is 26.2 Å². The second-order valence-electron chi connectivity index (χ2n) is 11.4. The number of anilines is 2. The molecule has 20 heteroatoms. The molecule has 0 aliphatic carbocycles. The Hall–Kier alpha value is -8.94. The Morgan fingerprint density at radius 2 is 0.883 bits per heavy atom. The third-order valence-corrected chi connectivity index (χ3v) is 7.22. The zero-order chi connectivity index (χ0) is 44.2. The number of ketones is 2. The van der Waals surface area contributed by atoms with Gasteiger partial charge in [-0.15, -0.1) is 0 Å². The van der Waals surface area contributed by atoms with Gasteiger partial charge in [-0.25, -0.2) is 39.1 Å². The van der Waals surface area contributed by atoms with Gasteiger partial charge >= 0.3 is 36.0 Å². The Balaban J connectivity index is 0.000000238. The van der Waals surface area contributed by atoms with Crippen LogP contribution in [0.25, 0.3) is 22.1 Å². The number of carboxylic acids is 4. The average molecular weight is 823 g/mol. The van der Waals surface area contributed by atoms with Gasteiger partial charge in [0.15, 0.2) is 11.6 Å². The lowest BCUT2D eigenvalue weighted by atomic mass is 10.0. The highest BCUT2D eigenvalue weighted by atomic mass is 16.5. The monoisotopic (exact) mass is 822 g/mol. The number of methoxy groups -OCH3 is 2. The van der Waals surface area contributed by atoms with Crippen LogP contribution in [0.1, 0.15) is 31.8 Å². The number of carboxylic acid groups (broad SMARTS) is 4. The molecule has 20 nitrogen and oxygen atoms in total. The van der Waals surface area contributed by atoms with Crippen molar-refractivity contribution in [3.05, 3.63) is 144 Å². The summed E-state index contributed by atoms with van der Waals surface area (Å²) in [7, 11) is 2.57. The number of carbonyl (C=O) groups is 8. The van der Waals surface area contributed by atoms with Crippen molar-refractivity contribution >= 4 is 81.6 Å². The molecule has 0 unspecified atom stereocenters. The summed E-state index contributed by atoms with van der Waals surface area (Å²) in [6.07, 6.45) is 0.724. The zero-order valence-corrected chi connectivity index (χ0v) is 31.3. The molecule has 0 atom stereocenters. The van der Waals surface area contributed by atoms with Crippen LogP contribution in [0.5, 0.6) is 0 Å². The lowest BCUT2D eigenvalue weighted by molar-refractivity contribution is -0.326. The fourth-order valence-electron chi connectivity index (χ4n) is 4.62. The van der Waals surface area contributed by atoms with Crippen molar-refractivity contribution in [2.75, 3.05) is 24.9 Å². The number of benzene rings is 4. The molecule has 0 bridgehead atoms. The molecular formula is C40H34N6O14. The minimum Gasteiger partial charge on any atom is -0.545 e. The number of nitrogens with one attached hydrogen (secondary N) is 6. The first kappa shape index (κ1) is 45.4. The highest BCUT2D eigenvalue weighted by Crippen LogP contribution is 2.17. The molecule has 0 aliphatic heterocycles. The van der Waals surface area contributed by atoms with Crippen molar-refractivity contribution in [1.82, 2.24) is 9.97 Å². The van der Waals surface area contributed by atoms with Gasteiger partial charge in [0.25, 0.3) is 0 Å². The Labute approximate surface area is 337 Å². The first-order valence-corrected chi connectivity index (χ1v) is 16.8. The number of H-pyrrole nitrogens is 4. The van der Waals surface area contributed by atoms with E-state index in [0.717, 1.165) is 11.0 Å². The lowest BCUT2D eigenvalue weighted by Crippen LogP contribution is -2.19. The van der Waals surface area contributed by atoms with E-state index in [1.807, 2.05) is 36.4 Å².